The summed E-state index contributed by atoms with van der Waals surface area (Å²) in [5.41, 5.74) is 1.79. The number of hydrogen-bond acceptors (Lipinski definition) is 1. The van der Waals surface area contributed by atoms with Crippen molar-refractivity contribution in [2.75, 3.05) is 7.05 Å². The molecule has 3 rings (SSSR count). The Kier molecular flexibility index (Phi) is 4.02. The number of rotatable bonds is 5. The second kappa shape index (κ2) is 5.94. The van der Waals surface area contributed by atoms with Gasteiger partial charge in [-0.15, -0.1) is 0 Å². The summed E-state index contributed by atoms with van der Waals surface area (Å²) < 4.78 is 27.0. The molecule has 0 spiro atoms. The van der Waals surface area contributed by atoms with Gasteiger partial charge in [0.25, 0.3) is 0 Å². The molecule has 110 valence electrons. The van der Waals surface area contributed by atoms with Gasteiger partial charge in [0.1, 0.15) is 11.6 Å². The molecule has 2 aromatic rings. The van der Waals surface area contributed by atoms with Crippen LogP contribution >= 0.6 is 0 Å². The highest BCUT2D eigenvalue weighted by atomic mass is 19.1. The predicted octanol–water partition coefficient (Wildman–Crippen LogP) is 3.90. The van der Waals surface area contributed by atoms with E-state index in [9.17, 15) is 8.78 Å². The van der Waals surface area contributed by atoms with E-state index in [4.69, 9.17) is 0 Å². The summed E-state index contributed by atoms with van der Waals surface area (Å²) in [6, 6.07) is 14.2. The lowest BCUT2D eigenvalue weighted by Crippen LogP contribution is -2.30. The van der Waals surface area contributed by atoms with Crippen molar-refractivity contribution in [2.45, 2.75) is 24.8 Å². The molecule has 3 atom stereocenters. The van der Waals surface area contributed by atoms with Crippen LogP contribution in [-0.4, -0.2) is 13.1 Å². The van der Waals surface area contributed by atoms with E-state index in [1.54, 1.807) is 0 Å². The molecular formula is C18H19F2N. The van der Waals surface area contributed by atoms with E-state index < -0.39 is 0 Å². The molecule has 1 nitrogen and oxygen atoms in total. The lowest BCUT2D eigenvalue weighted by atomic mass is 9.98. The van der Waals surface area contributed by atoms with Gasteiger partial charge in [0.15, 0.2) is 0 Å². The van der Waals surface area contributed by atoms with Crippen molar-refractivity contribution >= 4 is 0 Å². The van der Waals surface area contributed by atoms with Crippen molar-refractivity contribution in [1.29, 1.82) is 0 Å². The average Bonchev–Trinajstić information content (AvgIpc) is 3.29. The van der Waals surface area contributed by atoms with E-state index in [1.807, 2.05) is 25.2 Å². The number of nitrogens with one attached hydrogen (secondary N) is 1. The highest BCUT2D eigenvalue weighted by Gasteiger charge is 2.43. The first-order valence-corrected chi connectivity index (χ1v) is 7.35. The van der Waals surface area contributed by atoms with Crippen LogP contribution in [0.3, 0.4) is 0 Å². The second-order valence-corrected chi connectivity index (χ2v) is 5.75. The van der Waals surface area contributed by atoms with Crippen molar-refractivity contribution in [3.8, 4) is 0 Å². The second-order valence-electron chi connectivity index (χ2n) is 5.75. The van der Waals surface area contributed by atoms with Crippen LogP contribution in [0.4, 0.5) is 8.78 Å². The minimum atomic E-state index is -0.378. The van der Waals surface area contributed by atoms with Gasteiger partial charge in [-0.1, -0.05) is 30.3 Å². The summed E-state index contributed by atoms with van der Waals surface area (Å²) >= 11 is 0. The van der Waals surface area contributed by atoms with Crippen LogP contribution in [0.1, 0.15) is 23.5 Å². The molecule has 2 aromatic carbocycles. The zero-order valence-corrected chi connectivity index (χ0v) is 12.0. The largest absolute Gasteiger partial charge is 0.316 e. The monoisotopic (exact) mass is 287 g/mol. The molecule has 1 N–H and O–H groups in total. The Morgan fingerprint density at radius 3 is 2.62 bits per heavy atom. The first-order valence-electron chi connectivity index (χ1n) is 7.35. The summed E-state index contributed by atoms with van der Waals surface area (Å²) in [4.78, 5) is 0. The van der Waals surface area contributed by atoms with Crippen LogP contribution in [0, 0.1) is 17.6 Å². The normalized spacial score (nSPS) is 22.0. The lowest BCUT2D eigenvalue weighted by molar-refractivity contribution is 0.476. The van der Waals surface area contributed by atoms with E-state index in [1.165, 1.54) is 17.7 Å². The van der Waals surface area contributed by atoms with Crippen LogP contribution in [0.15, 0.2) is 48.5 Å². The molecule has 1 saturated carbocycles. The van der Waals surface area contributed by atoms with Gasteiger partial charge < -0.3 is 5.32 Å². The van der Waals surface area contributed by atoms with E-state index in [-0.39, 0.29) is 17.7 Å². The molecule has 0 amide bonds. The number of likely N-dealkylation sites (N-methyl/N-ethyl adjacent to an activating group) is 1. The van der Waals surface area contributed by atoms with Crippen LogP contribution in [-0.2, 0) is 6.42 Å². The Morgan fingerprint density at radius 1 is 1.14 bits per heavy atom. The molecule has 1 fully saturated rings. The SMILES string of the molecule is CNC(Cc1cc(F)ccc1F)C1CC1c1ccccc1. The molecule has 3 heteroatoms. The van der Waals surface area contributed by atoms with Crippen LogP contribution in [0.2, 0.25) is 0 Å². The van der Waals surface area contributed by atoms with Gasteiger partial charge in [0, 0.05) is 6.04 Å². The average molecular weight is 287 g/mol. The topological polar surface area (TPSA) is 12.0 Å². The van der Waals surface area contributed by atoms with Gasteiger partial charge in [-0.05, 0) is 61.1 Å². The Labute approximate surface area is 124 Å². The molecule has 1 aliphatic carbocycles. The van der Waals surface area contributed by atoms with Gasteiger partial charge in [-0.3, -0.25) is 0 Å². The highest BCUT2D eigenvalue weighted by Crippen LogP contribution is 2.50. The van der Waals surface area contributed by atoms with Crippen molar-refractivity contribution in [1.82, 2.24) is 5.32 Å². The smallest absolute Gasteiger partial charge is 0.126 e. The number of benzene rings is 2. The molecule has 0 bridgehead atoms. The molecule has 0 radical (unpaired) electrons. The molecule has 0 aromatic heterocycles. The van der Waals surface area contributed by atoms with Gasteiger partial charge in [-0.2, -0.15) is 0 Å². The third kappa shape index (κ3) is 3.13. The molecule has 1 aliphatic rings. The summed E-state index contributed by atoms with van der Waals surface area (Å²) in [6.07, 6.45) is 1.63. The number of halogens is 2. The molecule has 21 heavy (non-hydrogen) atoms. The fraction of sp³-hybridized carbons (Fsp3) is 0.333. The highest BCUT2D eigenvalue weighted by molar-refractivity contribution is 5.28. The van der Waals surface area contributed by atoms with Crippen LogP contribution in [0.25, 0.3) is 0 Å². The minimum Gasteiger partial charge on any atom is -0.316 e. The Hall–Kier alpha value is -1.74. The van der Waals surface area contributed by atoms with Crippen molar-refractivity contribution in [3.63, 3.8) is 0 Å². The van der Waals surface area contributed by atoms with Crippen molar-refractivity contribution < 1.29 is 8.78 Å². The van der Waals surface area contributed by atoms with Gasteiger partial charge in [-0.25, -0.2) is 8.78 Å². The summed E-state index contributed by atoms with van der Waals surface area (Å²) in [7, 11) is 1.89. The third-order valence-corrected chi connectivity index (χ3v) is 4.40. The zero-order chi connectivity index (χ0) is 14.8. The van der Waals surface area contributed by atoms with Crippen LogP contribution in [0.5, 0.6) is 0 Å². The molecule has 3 unspecified atom stereocenters. The summed E-state index contributed by atoms with van der Waals surface area (Å²) in [5, 5.41) is 3.27. The summed E-state index contributed by atoms with van der Waals surface area (Å²) in [6.45, 7) is 0. The molecular weight excluding hydrogens is 268 g/mol. The Bertz CT molecular complexity index is 612. The van der Waals surface area contributed by atoms with E-state index in [2.05, 4.69) is 17.4 Å². The first kappa shape index (κ1) is 14.2. The minimum absolute atomic E-state index is 0.173. The summed E-state index contributed by atoms with van der Waals surface area (Å²) in [5.74, 6) is 0.311. The van der Waals surface area contributed by atoms with E-state index in [0.29, 0.717) is 23.8 Å². The fourth-order valence-electron chi connectivity index (χ4n) is 3.15. The maximum absolute atomic E-state index is 13.8. The predicted molar refractivity (Wildman–Crippen MR) is 80.2 cm³/mol. The standard InChI is InChI=1S/C18H19F2N/c1-21-18(10-13-9-14(19)7-8-17(13)20)16-11-15(16)12-5-3-2-4-6-12/h2-9,15-16,18,21H,10-11H2,1H3. The lowest BCUT2D eigenvalue weighted by Gasteiger charge is -2.17. The quantitative estimate of drug-likeness (QED) is 0.879. The van der Waals surface area contributed by atoms with Gasteiger partial charge in [0.2, 0.25) is 0 Å². The Morgan fingerprint density at radius 2 is 1.90 bits per heavy atom. The number of hydrogen-bond donors (Lipinski definition) is 1. The molecule has 0 heterocycles. The van der Waals surface area contributed by atoms with Crippen molar-refractivity contribution in [2.24, 2.45) is 5.92 Å². The fourth-order valence-corrected chi connectivity index (χ4v) is 3.15. The van der Waals surface area contributed by atoms with E-state index in [0.717, 1.165) is 12.5 Å². The maximum atomic E-state index is 13.8. The first-order chi connectivity index (χ1) is 10.2. The van der Waals surface area contributed by atoms with Crippen LogP contribution < -0.4 is 5.32 Å². The van der Waals surface area contributed by atoms with Crippen molar-refractivity contribution in [3.05, 3.63) is 71.3 Å². The van der Waals surface area contributed by atoms with Gasteiger partial charge >= 0.3 is 0 Å². The molecule has 0 saturated heterocycles. The van der Waals surface area contributed by atoms with Gasteiger partial charge in [0.05, 0.1) is 0 Å². The third-order valence-electron chi connectivity index (χ3n) is 4.40. The Balaban J connectivity index is 1.71. The molecule has 0 aliphatic heterocycles. The zero-order valence-electron chi connectivity index (χ0n) is 12.0. The van der Waals surface area contributed by atoms with E-state index >= 15 is 0 Å². The maximum Gasteiger partial charge on any atom is 0.126 e.